The van der Waals surface area contributed by atoms with Crippen molar-refractivity contribution in [2.24, 2.45) is 5.92 Å². The molecule has 0 rings (SSSR count). The maximum absolute atomic E-state index is 12.3. The molecule has 0 spiro atoms. The SMILES string of the molecule is CCCCCCCCCCCCC(=O)C(C=O)CCCCCCCCCCCC. The van der Waals surface area contributed by atoms with E-state index in [1.807, 2.05) is 0 Å². The first kappa shape index (κ1) is 28.3. The van der Waals surface area contributed by atoms with Gasteiger partial charge in [-0.25, -0.2) is 0 Å². The van der Waals surface area contributed by atoms with Gasteiger partial charge in [-0.05, 0) is 12.8 Å². The number of unbranched alkanes of at least 4 members (excludes halogenated alkanes) is 18. The van der Waals surface area contributed by atoms with Gasteiger partial charge in [-0.1, -0.05) is 136 Å². The van der Waals surface area contributed by atoms with E-state index in [-0.39, 0.29) is 11.7 Å². The van der Waals surface area contributed by atoms with Gasteiger partial charge in [0.15, 0.2) is 0 Å². The molecule has 0 aromatic carbocycles. The molecular weight excluding hydrogens is 356 g/mol. The molecule has 0 saturated heterocycles. The number of aldehydes is 1. The van der Waals surface area contributed by atoms with Crippen molar-refractivity contribution in [2.75, 3.05) is 0 Å². The molecule has 0 amide bonds. The molecule has 29 heavy (non-hydrogen) atoms. The number of hydrogen-bond donors (Lipinski definition) is 0. The standard InChI is InChI=1S/C27H52O2/c1-3-5-7-9-11-13-15-17-19-21-23-26(25-28)27(29)24-22-20-18-16-14-12-10-8-6-4-2/h25-26H,3-24H2,1-2H3. The van der Waals surface area contributed by atoms with E-state index in [1.54, 1.807) is 0 Å². The molecule has 0 aromatic rings. The van der Waals surface area contributed by atoms with Crippen molar-refractivity contribution in [3.05, 3.63) is 0 Å². The first-order chi connectivity index (χ1) is 14.3. The Bertz CT molecular complexity index is 350. The van der Waals surface area contributed by atoms with E-state index in [2.05, 4.69) is 13.8 Å². The van der Waals surface area contributed by atoms with Gasteiger partial charge in [0.25, 0.3) is 0 Å². The van der Waals surface area contributed by atoms with Gasteiger partial charge >= 0.3 is 0 Å². The lowest BCUT2D eigenvalue weighted by molar-refractivity contribution is -0.127. The maximum Gasteiger partial charge on any atom is 0.143 e. The quantitative estimate of drug-likeness (QED) is 0.0906. The molecule has 0 radical (unpaired) electrons. The lowest BCUT2D eigenvalue weighted by Crippen LogP contribution is -2.15. The Kier molecular flexibility index (Phi) is 23.1. The third kappa shape index (κ3) is 20.4. The van der Waals surface area contributed by atoms with Crippen LogP contribution in [-0.4, -0.2) is 12.1 Å². The van der Waals surface area contributed by atoms with Crippen LogP contribution in [-0.2, 0) is 9.59 Å². The zero-order chi connectivity index (χ0) is 21.4. The number of carbonyl (C=O) groups excluding carboxylic acids is 2. The van der Waals surface area contributed by atoms with Gasteiger partial charge < -0.3 is 4.79 Å². The summed E-state index contributed by atoms with van der Waals surface area (Å²) < 4.78 is 0. The molecule has 0 heterocycles. The predicted molar refractivity (Wildman–Crippen MR) is 127 cm³/mol. The summed E-state index contributed by atoms with van der Waals surface area (Å²) in [5.41, 5.74) is 0. The van der Waals surface area contributed by atoms with Gasteiger partial charge in [0.05, 0.1) is 5.92 Å². The highest BCUT2D eigenvalue weighted by Gasteiger charge is 2.16. The molecule has 2 nitrogen and oxygen atoms in total. The second kappa shape index (κ2) is 23.6. The minimum absolute atomic E-state index is 0.190. The number of rotatable bonds is 24. The van der Waals surface area contributed by atoms with Crippen molar-refractivity contribution in [1.82, 2.24) is 0 Å². The van der Waals surface area contributed by atoms with E-state index < -0.39 is 0 Å². The first-order valence-corrected chi connectivity index (χ1v) is 13.2. The number of ketones is 1. The van der Waals surface area contributed by atoms with Gasteiger partial charge in [-0.15, -0.1) is 0 Å². The van der Waals surface area contributed by atoms with Gasteiger partial charge in [0, 0.05) is 6.42 Å². The molecule has 2 heteroatoms. The van der Waals surface area contributed by atoms with E-state index in [1.165, 1.54) is 109 Å². The highest BCUT2D eigenvalue weighted by molar-refractivity contribution is 5.93. The minimum Gasteiger partial charge on any atom is -0.303 e. The fourth-order valence-corrected chi connectivity index (χ4v) is 4.13. The maximum atomic E-state index is 12.3. The largest absolute Gasteiger partial charge is 0.303 e. The lowest BCUT2D eigenvalue weighted by atomic mass is 9.94. The molecule has 0 fully saturated rings. The summed E-state index contributed by atoms with van der Waals surface area (Å²) in [6.07, 6.45) is 28.1. The summed E-state index contributed by atoms with van der Waals surface area (Å²) in [4.78, 5) is 23.6. The Balaban J connectivity index is 3.48. The summed E-state index contributed by atoms with van der Waals surface area (Å²) >= 11 is 0. The molecule has 0 aliphatic rings. The van der Waals surface area contributed by atoms with Crippen molar-refractivity contribution < 1.29 is 9.59 Å². The van der Waals surface area contributed by atoms with Crippen LogP contribution in [0.1, 0.15) is 155 Å². The Morgan fingerprint density at radius 2 is 0.897 bits per heavy atom. The van der Waals surface area contributed by atoms with Crippen molar-refractivity contribution in [3.8, 4) is 0 Å². The van der Waals surface area contributed by atoms with E-state index >= 15 is 0 Å². The topological polar surface area (TPSA) is 34.1 Å². The lowest BCUT2D eigenvalue weighted by Gasteiger charge is -2.09. The van der Waals surface area contributed by atoms with Crippen LogP contribution in [0.25, 0.3) is 0 Å². The average Bonchev–Trinajstić information content (AvgIpc) is 2.73. The summed E-state index contributed by atoms with van der Waals surface area (Å²) in [6.45, 7) is 4.52. The molecule has 0 saturated carbocycles. The van der Waals surface area contributed by atoms with Gasteiger partial charge in [0.1, 0.15) is 12.1 Å². The third-order valence-corrected chi connectivity index (χ3v) is 6.22. The first-order valence-electron chi connectivity index (χ1n) is 13.2. The molecule has 0 bridgehead atoms. The van der Waals surface area contributed by atoms with Crippen LogP contribution in [0, 0.1) is 5.92 Å². The monoisotopic (exact) mass is 408 g/mol. The van der Waals surface area contributed by atoms with Crippen molar-refractivity contribution in [3.63, 3.8) is 0 Å². The average molecular weight is 409 g/mol. The van der Waals surface area contributed by atoms with Crippen LogP contribution in [0.2, 0.25) is 0 Å². The number of carbonyl (C=O) groups is 2. The molecule has 0 aliphatic heterocycles. The van der Waals surface area contributed by atoms with Crippen LogP contribution < -0.4 is 0 Å². The van der Waals surface area contributed by atoms with Crippen LogP contribution in [0.3, 0.4) is 0 Å². The van der Waals surface area contributed by atoms with E-state index in [4.69, 9.17) is 0 Å². The number of hydrogen-bond acceptors (Lipinski definition) is 2. The van der Waals surface area contributed by atoms with Crippen LogP contribution >= 0.6 is 0 Å². The van der Waals surface area contributed by atoms with E-state index in [0.717, 1.165) is 32.0 Å². The molecule has 1 atom stereocenters. The minimum atomic E-state index is -0.331. The van der Waals surface area contributed by atoms with Crippen LogP contribution in [0.5, 0.6) is 0 Å². The summed E-state index contributed by atoms with van der Waals surface area (Å²) in [5.74, 6) is -0.141. The normalized spacial score (nSPS) is 12.2. The van der Waals surface area contributed by atoms with Gasteiger partial charge in [-0.3, -0.25) is 4.79 Å². The fourth-order valence-electron chi connectivity index (χ4n) is 4.13. The highest BCUT2D eigenvalue weighted by atomic mass is 16.1. The third-order valence-electron chi connectivity index (χ3n) is 6.22. The molecule has 172 valence electrons. The van der Waals surface area contributed by atoms with E-state index in [9.17, 15) is 9.59 Å². The van der Waals surface area contributed by atoms with Gasteiger partial charge in [0.2, 0.25) is 0 Å². The second-order valence-corrected chi connectivity index (χ2v) is 9.11. The zero-order valence-corrected chi connectivity index (χ0v) is 20.0. The van der Waals surface area contributed by atoms with Crippen molar-refractivity contribution in [2.45, 2.75) is 155 Å². The molecule has 0 aliphatic carbocycles. The Morgan fingerprint density at radius 3 is 1.28 bits per heavy atom. The van der Waals surface area contributed by atoms with Gasteiger partial charge in [-0.2, -0.15) is 0 Å². The molecular formula is C27H52O2. The summed E-state index contributed by atoms with van der Waals surface area (Å²) in [6, 6.07) is 0. The highest BCUT2D eigenvalue weighted by Crippen LogP contribution is 2.17. The van der Waals surface area contributed by atoms with E-state index in [0.29, 0.717) is 6.42 Å². The smallest absolute Gasteiger partial charge is 0.143 e. The van der Waals surface area contributed by atoms with Crippen molar-refractivity contribution in [1.29, 1.82) is 0 Å². The zero-order valence-electron chi connectivity index (χ0n) is 20.0. The van der Waals surface area contributed by atoms with Crippen molar-refractivity contribution >= 4 is 12.1 Å². The molecule has 1 unspecified atom stereocenters. The predicted octanol–water partition coefficient (Wildman–Crippen LogP) is 8.99. The molecule has 0 N–H and O–H groups in total. The number of Topliss-reactive ketones (excluding diaryl/α,β-unsaturated/α-hetero) is 1. The fraction of sp³-hybridized carbons (Fsp3) is 0.926. The van der Waals surface area contributed by atoms with Crippen LogP contribution in [0.4, 0.5) is 0 Å². The Labute approximate surface area is 183 Å². The summed E-state index contributed by atoms with van der Waals surface area (Å²) in [5, 5.41) is 0. The Morgan fingerprint density at radius 1 is 0.552 bits per heavy atom. The van der Waals surface area contributed by atoms with Crippen LogP contribution in [0.15, 0.2) is 0 Å². The summed E-state index contributed by atoms with van der Waals surface area (Å²) in [7, 11) is 0. The Hall–Kier alpha value is -0.660. The molecule has 0 aromatic heterocycles. The second-order valence-electron chi connectivity index (χ2n) is 9.11.